The SMILES string of the molecule is Cc1ccc2c(c1)C(=O)N[C@H]1C[C@@H](C(=O)N[C@H](C)C(=O)N[C@H](CC(C)C)C(=O)NCc3cn(nn3)CCO2)N(C)C1. The van der Waals surface area contributed by atoms with Crippen molar-refractivity contribution < 1.29 is 23.9 Å². The fourth-order valence-corrected chi connectivity index (χ4v) is 5.07. The molecule has 1 aromatic carbocycles. The molecule has 0 saturated carbocycles. The molecule has 0 aliphatic carbocycles. The highest BCUT2D eigenvalue weighted by atomic mass is 16.5. The van der Waals surface area contributed by atoms with Gasteiger partial charge in [0.1, 0.15) is 30.1 Å². The van der Waals surface area contributed by atoms with Gasteiger partial charge in [-0.2, -0.15) is 0 Å². The topological polar surface area (TPSA) is 160 Å². The van der Waals surface area contributed by atoms with Crippen molar-refractivity contribution in [3.63, 3.8) is 0 Å². The van der Waals surface area contributed by atoms with Gasteiger partial charge in [0.15, 0.2) is 0 Å². The fourth-order valence-electron chi connectivity index (χ4n) is 5.07. The van der Waals surface area contributed by atoms with Gasteiger partial charge in [-0.15, -0.1) is 5.10 Å². The Morgan fingerprint density at radius 2 is 1.85 bits per heavy atom. The van der Waals surface area contributed by atoms with Crippen molar-refractivity contribution in [3.05, 3.63) is 41.2 Å². The fraction of sp³-hybridized carbons (Fsp3) is 0.571. The Hall–Kier alpha value is -4.00. The summed E-state index contributed by atoms with van der Waals surface area (Å²) < 4.78 is 7.57. The van der Waals surface area contributed by atoms with Crippen molar-refractivity contribution in [1.29, 1.82) is 0 Å². The lowest BCUT2D eigenvalue weighted by molar-refractivity contribution is -0.133. The smallest absolute Gasteiger partial charge is 0.255 e. The number of rotatable bonds is 2. The van der Waals surface area contributed by atoms with Crippen LogP contribution >= 0.6 is 0 Å². The molecule has 13 nitrogen and oxygen atoms in total. The molecule has 3 heterocycles. The highest BCUT2D eigenvalue weighted by molar-refractivity contribution is 5.97. The van der Waals surface area contributed by atoms with E-state index in [0.29, 0.717) is 42.9 Å². The first-order valence-electron chi connectivity index (χ1n) is 14.0. The van der Waals surface area contributed by atoms with E-state index in [-0.39, 0.29) is 42.8 Å². The maximum atomic E-state index is 13.3. The number of carbonyl (C=O) groups excluding carboxylic acids is 4. The van der Waals surface area contributed by atoms with Gasteiger partial charge in [0, 0.05) is 12.6 Å². The van der Waals surface area contributed by atoms with Gasteiger partial charge in [-0.25, -0.2) is 4.68 Å². The molecule has 4 N–H and O–H groups in total. The largest absolute Gasteiger partial charge is 0.491 e. The number of nitrogens with zero attached hydrogens (tertiary/aromatic N) is 4. The van der Waals surface area contributed by atoms with Crippen LogP contribution in [0.25, 0.3) is 0 Å². The minimum Gasteiger partial charge on any atom is -0.491 e. The van der Waals surface area contributed by atoms with Crippen molar-refractivity contribution in [1.82, 2.24) is 41.2 Å². The maximum absolute atomic E-state index is 13.3. The number of amides is 4. The molecule has 1 fully saturated rings. The van der Waals surface area contributed by atoms with E-state index in [1.165, 1.54) is 0 Å². The van der Waals surface area contributed by atoms with E-state index in [4.69, 9.17) is 4.74 Å². The first-order valence-corrected chi connectivity index (χ1v) is 14.0. The zero-order chi connectivity index (χ0) is 29.7. The van der Waals surface area contributed by atoms with Gasteiger partial charge in [-0.3, -0.25) is 24.1 Å². The second kappa shape index (κ2) is 13.1. The number of hydrogen-bond acceptors (Lipinski definition) is 8. The summed E-state index contributed by atoms with van der Waals surface area (Å²) in [6, 6.07) is 2.97. The number of aryl methyl sites for hydroxylation is 1. The molecular formula is C28H40N8O5. The maximum Gasteiger partial charge on any atom is 0.255 e. The van der Waals surface area contributed by atoms with Crippen LogP contribution in [-0.4, -0.2) is 87.9 Å². The van der Waals surface area contributed by atoms with Crippen molar-refractivity contribution in [3.8, 4) is 5.75 Å². The highest BCUT2D eigenvalue weighted by Gasteiger charge is 2.37. The van der Waals surface area contributed by atoms with Gasteiger partial charge in [-0.05, 0) is 51.8 Å². The van der Waals surface area contributed by atoms with Crippen LogP contribution in [0, 0.1) is 12.8 Å². The Morgan fingerprint density at radius 3 is 2.61 bits per heavy atom. The first kappa shape index (κ1) is 30.0. The molecule has 0 unspecified atom stereocenters. The Balaban J connectivity index is 1.56. The normalized spacial score (nSPS) is 25.1. The summed E-state index contributed by atoms with van der Waals surface area (Å²) in [6.45, 7) is 8.64. The predicted octanol–water partition coefficient (Wildman–Crippen LogP) is 0.133. The summed E-state index contributed by atoms with van der Waals surface area (Å²) in [7, 11) is 1.81. The predicted molar refractivity (Wildman–Crippen MR) is 150 cm³/mol. The molecular weight excluding hydrogens is 528 g/mol. The molecule has 4 amide bonds. The lowest BCUT2D eigenvalue weighted by Gasteiger charge is -2.24. The van der Waals surface area contributed by atoms with Gasteiger partial charge in [-0.1, -0.05) is 30.7 Å². The molecule has 0 radical (unpaired) electrons. The van der Waals surface area contributed by atoms with Crippen LogP contribution in [0.4, 0.5) is 0 Å². The number of carbonyl (C=O) groups is 4. The number of nitrogens with one attached hydrogen (secondary N) is 4. The second-order valence-electron chi connectivity index (χ2n) is 11.3. The number of likely N-dealkylation sites (tertiary alicyclic amines) is 1. The van der Waals surface area contributed by atoms with Crippen molar-refractivity contribution in [2.24, 2.45) is 5.92 Å². The minimum atomic E-state index is -0.864. The lowest BCUT2D eigenvalue weighted by atomic mass is 10.0. The molecule has 0 spiro atoms. The number of benzene rings is 1. The van der Waals surface area contributed by atoms with Crippen molar-refractivity contribution >= 4 is 23.6 Å². The van der Waals surface area contributed by atoms with E-state index in [1.807, 2.05) is 38.8 Å². The molecule has 1 aromatic heterocycles. The monoisotopic (exact) mass is 568 g/mol. The number of hydrogen-bond donors (Lipinski definition) is 4. The summed E-state index contributed by atoms with van der Waals surface area (Å²) in [4.78, 5) is 54.3. The van der Waals surface area contributed by atoms with Crippen LogP contribution in [0.2, 0.25) is 0 Å². The number of aromatic nitrogens is 3. The second-order valence-corrected chi connectivity index (χ2v) is 11.3. The molecule has 1 saturated heterocycles. The van der Waals surface area contributed by atoms with Crippen molar-refractivity contribution in [2.75, 3.05) is 20.2 Å². The Bertz CT molecular complexity index is 1280. The third-order valence-electron chi connectivity index (χ3n) is 7.27. The number of fused-ring (bicyclic) bond motifs is 5. The summed E-state index contributed by atoms with van der Waals surface area (Å²) in [5.41, 5.74) is 1.87. The Morgan fingerprint density at radius 1 is 1.07 bits per heavy atom. The highest BCUT2D eigenvalue weighted by Crippen LogP contribution is 2.22. The van der Waals surface area contributed by atoms with Gasteiger partial charge in [0.05, 0.1) is 30.9 Å². The molecule has 4 atom stereocenters. The molecule has 4 rings (SSSR count). The van der Waals surface area contributed by atoms with Crippen LogP contribution in [0.1, 0.15) is 55.2 Å². The summed E-state index contributed by atoms with van der Waals surface area (Å²) in [5.74, 6) is -0.811. The third-order valence-corrected chi connectivity index (χ3v) is 7.27. The van der Waals surface area contributed by atoms with Gasteiger partial charge in [0.25, 0.3) is 5.91 Å². The van der Waals surface area contributed by atoms with Crippen molar-refractivity contribution in [2.45, 2.75) is 77.8 Å². The quantitative estimate of drug-likeness (QED) is 0.398. The van der Waals surface area contributed by atoms with Gasteiger partial charge in [0.2, 0.25) is 17.7 Å². The average molecular weight is 569 g/mol. The van der Waals surface area contributed by atoms with E-state index in [9.17, 15) is 19.2 Å². The van der Waals surface area contributed by atoms with E-state index >= 15 is 0 Å². The summed E-state index contributed by atoms with van der Waals surface area (Å²) in [6.07, 6.45) is 2.52. The average Bonchev–Trinajstić information content (AvgIpc) is 3.52. The number of likely N-dealkylation sites (N-methyl/N-ethyl adjacent to an activating group) is 1. The standard InChI is InChI=1S/C28H40N8O5/c1-16(2)10-22-27(39)29-13-20-15-36(34-33-20)8-9-41-24-7-6-17(3)11-21(24)26(38)31-19-12-23(35(5)14-19)28(40)30-18(4)25(37)32-22/h6-7,11,15-16,18-19,22-23H,8-10,12-14H2,1-5H3,(H,29,39)(H,30,40)(H,31,38)(H,32,37)/t18-,19+,22-,23+/m1/s1. The van der Waals surface area contributed by atoms with Crippen LogP contribution < -0.4 is 26.0 Å². The van der Waals surface area contributed by atoms with Crippen LogP contribution in [-0.2, 0) is 27.5 Å². The molecule has 2 aliphatic heterocycles. The van der Waals surface area contributed by atoms with Crippen LogP contribution in [0.15, 0.2) is 24.4 Å². The first-order chi connectivity index (χ1) is 19.5. The Labute approximate surface area is 239 Å². The van der Waals surface area contributed by atoms with E-state index < -0.39 is 24.0 Å². The zero-order valence-corrected chi connectivity index (χ0v) is 24.3. The van der Waals surface area contributed by atoms with Crippen LogP contribution in [0.5, 0.6) is 5.75 Å². The molecule has 13 heteroatoms. The zero-order valence-electron chi connectivity index (χ0n) is 24.3. The molecule has 2 aromatic rings. The molecule has 41 heavy (non-hydrogen) atoms. The van der Waals surface area contributed by atoms with Gasteiger partial charge < -0.3 is 26.0 Å². The van der Waals surface area contributed by atoms with Gasteiger partial charge >= 0.3 is 0 Å². The molecule has 2 aliphatic rings. The lowest BCUT2D eigenvalue weighted by Crippen LogP contribution is -2.55. The minimum absolute atomic E-state index is 0.133. The molecule has 4 bridgehead atoms. The summed E-state index contributed by atoms with van der Waals surface area (Å²) in [5, 5.41) is 19.6. The van der Waals surface area contributed by atoms with Crippen LogP contribution in [0.3, 0.4) is 0 Å². The summed E-state index contributed by atoms with van der Waals surface area (Å²) >= 11 is 0. The Kier molecular flexibility index (Phi) is 9.58. The third kappa shape index (κ3) is 7.81. The number of ether oxygens (including phenoxy) is 1. The van der Waals surface area contributed by atoms with E-state index in [1.54, 1.807) is 29.9 Å². The van der Waals surface area contributed by atoms with E-state index in [0.717, 1.165) is 5.56 Å². The molecule has 222 valence electrons. The van der Waals surface area contributed by atoms with E-state index in [2.05, 4.69) is 31.6 Å².